The highest BCUT2D eigenvalue weighted by Crippen LogP contribution is 2.12. The van der Waals surface area contributed by atoms with Crippen molar-refractivity contribution in [2.24, 2.45) is 11.5 Å². The number of methoxy groups -OCH3 is 4. The summed E-state index contributed by atoms with van der Waals surface area (Å²) in [7, 11) is 5.27. The third kappa shape index (κ3) is 9.43. The second-order valence-electron chi connectivity index (χ2n) is 9.09. The predicted molar refractivity (Wildman–Crippen MR) is 139 cm³/mol. The van der Waals surface area contributed by atoms with Crippen molar-refractivity contribution in [3.63, 3.8) is 0 Å². The summed E-state index contributed by atoms with van der Waals surface area (Å²) in [6.07, 6.45) is 0. The average Bonchev–Trinajstić information content (AvgIpc) is 2.93. The fourth-order valence-corrected chi connectivity index (χ4v) is 4.57. The molecule has 1 saturated heterocycles. The van der Waals surface area contributed by atoms with E-state index in [9.17, 15) is 19.2 Å². The number of esters is 4. The highest BCUT2D eigenvalue weighted by Gasteiger charge is 2.33. The molecule has 1 fully saturated rings. The molecular formula is C24H46N6O8. The number of carbonyl (C=O) groups is 4. The van der Waals surface area contributed by atoms with E-state index in [4.69, 9.17) is 30.4 Å². The first-order valence-corrected chi connectivity index (χ1v) is 12.8. The SMILES string of the molecule is COC(=O)C(C)N1CCN(C(C)C(=O)OC)CCN(C(CN)C(=O)OC)CCN(C(CN)C(=O)OC)CC1. The highest BCUT2D eigenvalue weighted by molar-refractivity contribution is 5.77. The minimum Gasteiger partial charge on any atom is -0.468 e. The van der Waals surface area contributed by atoms with Crippen molar-refractivity contribution in [2.45, 2.75) is 38.0 Å². The third-order valence-electron chi connectivity index (χ3n) is 7.15. The Morgan fingerprint density at radius 1 is 0.526 bits per heavy atom. The zero-order valence-corrected chi connectivity index (χ0v) is 23.6. The van der Waals surface area contributed by atoms with Crippen LogP contribution in [0.1, 0.15) is 13.8 Å². The molecule has 0 amide bonds. The second-order valence-corrected chi connectivity index (χ2v) is 9.09. The van der Waals surface area contributed by atoms with Crippen LogP contribution in [-0.2, 0) is 38.1 Å². The lowest BCUT2D eigenvalue weighted by atomic mass is 10.1. The van der Waals surface area contributed by atoms with Crippen LogP contribution in [0.15, 0.2) is 0 Å². The molecule has 14 heteroatoms. The van der Waals surface area contributed by atoms with E-state index >= 15 is 0 Å². The van der Waals surface area contributed by atoms with E-state index in [-0.39, 0.29) is 13.1 Å². The zero-order valence-electron chi connectivity index (χ0n) is 23.6. The summed E-state index contributed by atoms with van der Waals surface area (Å²) < 4.78 is 19.9. The van der Waals surface area contributed by atoms with Gasteiger partial charge in [-0.1, -0.05) is 0 Å². The molecule has 4 N–H and O–H groups in total. The van der Waals surface area contributed by atoms with E-state index in [0.29, 0.717) is 52.4 Å². The van der Waals surface area contributed by atoms with E-state index in [1.165, 1.54) is 28.4 Å². The normalized spacial score (nSPS) is 20.6. The van der Waals surface area contributed by atoms with Gasteiger partial charge in [0.1, 0.15) is 24.2 Å². The lowest BCUT2D eigenvalue weighted by Gasteiger charge is -2.39. The van der Waals surface area contributed by atoms with Gasteiger partial charge in [0.05, 0.1) is 28.4 Å². The molecule has 1 aliphatic heterocycles. The number of hydrogen-bond donors (Lipinski definition) is 2. The van der Waals surface area contributed by atoms with Crippen molar-refractivity contribution in [2.75, 3.05) is 93.9 Å². The summed E-state index contributed by atoms with van der Waals surface area (Å²) >= 11 is 0. The molecule has 14 nitrogen and oxygen atoms in total. The summed E-state index contributed by atoms with van der Waals surface area (Å²) in [5.41, 5.74) is 11.9. The van der Waals surface area contributed by atoms with E-state index in [0.717, 1.165) is 0 Å². The fourth-order valence-electron chi connectivity index (χ4n) is 4.57. The van der Waals surface area contributed by atoms with Crippen molar-refractivity contribution in [3.05, 3.63) is 0 Å². The molecule has 0 aromatic rings. The Kier molecular flexibility index (Phi) is 15.3. The third-order valence-corrected chi connectivity index (χ3v) is 7.15. The maximum absolute atomic E-state index is 12.5. The van der Waals surface area contributed by atoms with Crippen molar-refractivity contribution in [3.8, 4) is 0 Å². The minimum atomic E-state index is -0.717. The molecule has 0 aromatic heterocycles. The van der Waals surface area contributed by atoms with Gasteiger partial charge in [0.25, 0.3) is 0 Å². The number of nitrogens with zero attached hydrogens (tertiary/aromatic N) is 4. The molecule has 38 heavy (non-hydrogen) atoms. The monoisotopic (exact) mass is 546 g/mol. The topological polar surface area (TPSA) is 170 Å². The first-order chi connectivity index (χ1) is 18.1. The van der Waals surface area contributed by atoms with Crippen molar-refractivity contribution in [1.82, 2.24) is 19.6 Å². The molecular weight excluding hydrogens is 500 g/mol. The Hall–Kier alpha value is -2.36. The van der Waals surface area contributed by atoms with Crippen molar-refractivity contribution >= 4 is 23.9 Å². The van der Waals surface area contributed by atoms with Crippen LogP contribution in [0.4, 0.5) is 0 Å². The van der Waals surface area contributed by atoms with Gasteiger partial charge in [0, 0.05) is 65.4 Å². The molecule has 4 atom stereocenters. The maximum Gasteiger partial charge on any atom is 0.324 e. The number of ether oxygens (including phenoxy) is 4. The average molecular weight is 547 g/mol. The van der Waals surface area contributed by atoms with Crippen LogP contribution in [0.2, 0.25) is 0 Å². The predicted octanol–water partition coefficient (Wildman–Crippen LogP) is -2.67. The van der Waals surface area contributed by atoms with Gasteiger partial charge in [-0.05, 0) is 13.8 Å². The molecule has 0 aliphatic carbocycles. The van der Waals surface area contributed by atoms with Crippen LogP contribution in [0.3, 0.4) is 0 Å². The summed E-state index contributed by atoms with van der Waals surface area (Å²) in [6.45, 7) is 6.69. The Labute approximate surface area is 225 Å². The number of nitrogens with two attached hydrogens (primary N) is 2. The molecule has 4 unspecified atom stereocenters. The molecule has 0 aromatic carbocycles. The molecule has 0 radical (unpaired) electrons. The highest BCUT2D eigenvalue weighted by atomic mass is 16.5. The largest absolute Gasteiger partial charge is 0.468 e. The van der Waals surface area contributed by atoms with Gasteiger partial charge in [0.15, 0.2) is 0 Å². The molecule has 0 spiro atoms. The molecule has 1 aliphatic rings. The number of carbonyl (C=O) groups excluding carboxylic acids is 4. The van der Waals surface area contributed by atoms with Crippen LogP contribution in [0.5, 0.6) is 0 Å². The van der Waals surface area contributed by atoms with Gasteiger partial charge in [-0.3, -0.25) is 38.8 Å². The Morgan fingerprint density at radius 3 is 0.974 bits per heavy atom. The quantitative estimate of drug-likeness (QED) is 0.215. The minimum absolute atomic E-state index is 0.0287. The summed E-state index contributed by atoms with van der Waals surface area (Å²) in [6, 6.07) is -2.56. The Bertz CT molecular complexity index is 710. The molecule has 1 rings (SSSR count). The van der Waals surface area contributed by atoms with Crippen LogP contribution in [0, 0.1) is 0 Å². The number of hydrogen-bond acceptors (Lipinski definition) is 14. The van der Waals surface area contributed by atoms with Gasteiger partial charge in [-0.25, -0.2) is 0 Å². The first kappa shape index (κ1) is 33.7. The van der Waals surface area contributed by atoms with Crippen LogP contribution in [-0.4, -0.2) is 162 Å². The van der Waals surface area contributed by atoms with E-state index in [1.54, 1.807) is 13.8 Å². The Balaban J connectivity index is 3.41. The van der Waals surface area contributed by atoms with Gasteiger partial charge >= 0.3 is 23.9 Å². The fraction of sp³-hybridized carbons (Fsp3) is 0.833. The molecule has 220 valence electrons. The van der Waals surface area contributed by atoms with Gasteiger partial charge < -0.3 is 30.4 Å². The first-order valence-electron chi connectivity index (χ1n) is 12.8. The lowest BCUT2D eigenvalue weighted by molar-refractivity contribution is -0.150. The van der Waals surface area contributed by atoms with Crippen molar-refractivity contribution < 1.29 is 38.1 Å². The van der Waals surface area contributed by atoms with Crippen LogP contribution < -0.4 is 11.5 Å². The smallest absolute Gasteiger partial charge is 0.324 e. The number of rotatable bonds is 10. The van der Waals surface area contributed by atoms with Crippen LogP contribution >= 0.6 is 0 Å². The van der Waals surface area contributed by atoms with Gasteiger partial charge in [0.2, 0.25) is 0 Å². The second kappa shape index (κ2) is 17.3. The lowest BCUT2D eigenvalue weighted by Crippen LogP contribution is -2.57. The van der Waals surface area contributed by atoms with E-state index in [1.807, 2.05) is 19.6 Å². The molecule has 0 bridgehead atoms. The van der Waals surface area contributed by atoms with Crippen molar-refractivity contribution in [1.29, 1.82) is 0 Å². The molecule has 1 heterocycles. The standard InChI is InChI=1S/C24H46N6O8/c1-17(21(31)35-3)27-7-8-28(18(2)22(32)36-4)10-12-30(20(16-26)24(34)38-6)14-13-29(11-9-27)19(15-25)23(33)37-5/h17-20H,7-16,25-26H2,1-6H3. The summed E-state index contributed by atoms with van der Waals surface area (Å²) in [4.78, 5) is 57.5. The van der Waals surface area contributed by atoms with E-state index < -0.39 is 48.0 Å². The Morgan fingerprint density at radius 2 is 0.763 bits per heavy atom. The maximum atomic E-state index is 12.5. The summed E-state index contributed by atoms with van der Waals surface area (Å²) in [5, 5.41) is 0. The zero-order chi connectivity index (χ0) is 28.8. The summed E-state index contributed by atoms with van der Waals surface area (Å²) in [5.74, 6) is -1.73. The van der Waals surface area contributed by atoms with Gasteiger partial charge in [-0.2, -0.15) is 0 Å². The van der Waals surface area contributed by atoms with E-state index in [2.05, 4.69) is 0 Å². The molecule has 0 saturated carbocycles. The van der Waals surface area contributed by atoms with Crippen LogP contribution in [0.25, 0.3) is 0 Å². The van der Waals surface area contributed by atoms with Gasteiger partial charge in [-0.15, -0.1) is 0 Å².